The lowest BCUT2D eigenvalue weighted by Crippen LogP contribution is -2.45. The Morgan fingerprint density at radius 1 is 1.36 bits per heavy atom. The fraction of sp³-hybridized carbons (Fsp3) is 0.375. The van der Waals surface area contributed by atoms with Gasteiger partial charge >= 0.3 is 5.97 Å². The normalized spacial score (nSPS) is 18.7. The van der Waals surface area contributed by atoms with E-state index in [1.807, 2.05) is 32.1 Å². The molecular weight excluding hydrogens is 303 g/mol. The van der Waals surface area contributed by atoms with E-state index in [1.54, 1.807) is 12.1 Å². The fourth-order valence-electron chi connectivity index (χ4n) is 2.71. The maximum Gasteiger partial charge on any atom is 0.335 e. The van der Waals surface area contributed by atoms with Crippen LogP contribution >= 0.6 is 11.8 Å². The number of nitrogens with zero attached hydrogens (tertiary/aromatic N) is 2. The monoisotopic (exact) mass is 322 g/mol. The van der Waals surface area contributed by atoms with Crippen LogP contribution < -0.4 is 0 Å². The number of rotatable bonds is 3. The first-order valence-electron chi connectivity index (χ1n) is 6.95. The molecule has 0 aromatic heterocycles. The lowest BCUT2D eigenvalue weighted by atomic mass is 9.90. The van der Waals surface area contributed by atoms with Crippen LogP contribution in [0.1, 0.15) is 19.4 Å². The van der Waals surface area contributed by atoms with Gasteiger partial charge in [-0.15, -0.1) is 0 Å². The molecule has 1 aromatic rings. The number of carbonyl (C=O) groups is 1. The van der Waals surface area contributed by atoms with Crippen molar-refractivity contribution in [2.45, 2.75) is 19.9 Å². The highest BCUT2D eigenvalue weighted by atomic mass is 32.2. The SMILES string of the molecule is CSC1=NC(c2ccc(F)cc2)=C(C(=O)O)C(C(C)C)N1C. The van der Waals surface area contributed by atoms with E-state index in [4.69, 9.17) is 0 Å². The molecule has 4 nitrogen and oxygen atoms in total. The Kier molecular flexibility index (Phi) is 4.90. The number of halogens is 1. The van der Waals surface area contributed by atoms with Gasteiger partial charge in [0, 0.05) is 12.6 Å². The predicted molar refractivity (Wildman–Crippen MR) is 88.3 cm³/mol. The Hall–Kier alpha value is -1.82. The summed E-state index contributed by atoms with van der Waals surface area (Å²) in [6, 6.07) is 5.49. The van der Waals surface area contributed by atoms with Crippen LogP contribution in [-0.2, 0) is 4.79 Å². The molecule has 1 N–H and O–H groups in total. The summed E-state index contributed by atoms with van der Waals surface area (Å²) in [5.74, 6) is -1.25. The van der Waals surface area contributed by atoms with Gasteiger partial charge in [0.25, 0.3) is 0 Å². The second kappa shape index (κ2) is 6.52. The molecule has 0 bridgehead atoms. The second-order valence-electron chi connectivity index (χ2n) is 5.47. The third-order valence-electron chi connectivity index (χ3n) is 3.64. The number of carboxylic acid groups (broad SMARTS) is 1. The standard InChI is InChI=1S/C16H19FN2O2S/c1-9(2)14-12(15(20)21)13(18-16(22-4)19(14)3)10-5-7-11(17)8-6-10/h5-9,14H,1-4H3,(H,20,21). The topological polar surface area (TPSA) is 52.9 Å². The third-order valence-corrected chi connectivity index (χ3v) is 4.38. The summed E-state index contributed by atoms with van der Waals surface area (Å²) in [5, 5.41) is 10.4. The van der Waals surface area contributed by atoms with E-state index >= 15 is 0 Å². The van der Waals surface area contributed by atoms with Crippen molar-refractivity contribution >= 4 is 28.6 Å². The van der Waals surface area contributed by atoms with E-state index in [1.165, 1.54) is 23.9 Å². The molecule has 1 unspecified atom stereocenters. The van der Waals surface area contributed by atoms with Crippen LogP contribution in [-0.4, -0.2) is 40.5 Å². The molecule has 2 rings (SSSR count). The highest BCUT2D eigenvalue weighted by Crippen LogP contribution is 2.34. The number of hydrogen-bond acceptors (Lipinski definition) is 4. The van der Waals surface area contributed by atoms with Crippen molar-refractivity contribution in [2.75, 3.05) is 13.3 Å². The van der Waals surface area contributed by atoms with Crippen molar-refractivity contribution in [3.05, 3.63) is 41.2 Å². The quantitative estimate of drug-likeness (QED) is 0.927. The molecule has 6 heteroatoms. The molecule has 0 radical (unpaired) electrons. The average molecular weight is 322 g/mol. The zero-order chi connectivity index (χ0) is 16.4. The fourth-order valence-corrected chi connectivity index (χ4v) is 3.30. The zero-order valence-electron chi connectivity index (χ0n) is 13.0. The number of aliphatic carboxylic acids is 1. The molecule has 1 atom stereocenters. The van der Waals surface area contributed by atoms with Crippen LogP contribution in [0.5, 0.6) is 0 Å². The smallest absolute Gasteiger partial charge is 0.335 e. The molecule has 0 saturated heterocycles. The Bertz CT molecular complexity index is 638. The van der Waals surface area contributed by atoms with E-state index in [-0.39, 0.29) is 23.4 Å². The van der Waals surface area contributed by atoms with Gasteiger partial charge < -0.3 is 10.0 Å². The number of amidine groups is 1. The predicted octanol–water partition coefficient (Wildman–Crippen LogP) is 3.31. The minimum absolute atomic E-state index is 0.101. The van der Waals surface area contributed by atoms with Gasteiger partial charge in [0.2, 0.25) is 0 Å². The summed E-state index contributed by atoms with van der Waals surface area (Å²) in [4.78, 5) is 18.2. The van der Waals surface area contributed by atoms with Crippen molar-refractivity contribution in [2.24, 2.45) is 10.9 Å². The van der Waals surface area contributed by atoms with Gasteiger partial charge in [-0.2, -0.15) is 0 Å². The number of hydrogen-bond donors (Lipinski definition) is 1. The highest BCUT2D eigenvalue weighted by Gasteiger charge is 2.36. The van der Waals surface area contributed by atoms with Crippen molar-refractivity contribution in [1.82, 2.24) is 4.90 Å². The first-order valence-corrected chi connectivity index (χ1v) is 8.18. The second-order valence-corrected chi connectivity index (χ2v) is 6.25. The first-order chi connectivity index (χ1) is 10.4. The van der Waals surface area contributed by atoms with Crippen molar-refractivity contribution in [1.29, 1.82) is 0 Å². The summed E-state index contributed by atoms with van der Waals surface area (Å²) in [7, 11) is 1.85. The van der Waals surface area contributed by atoms with Crippen LogP contribution in [0.25, 0.3) is 5.70 Å². The van der Waals surface area contributed by atoms with Crippen LogP contribution in [0.15, 0.2) is 34.8 Å². The van der Waals surface area contributed by atoms with Crippen molar-refractivity contribution in [3.8, 4) is 0 Å². The Balaban J connectivity index is 2.68. The molecular formula is C16H19FN2O2S. The molecule has 118 valence electrons. The maximum absolute atomic E-state index is 13.1. The molecule has 0 fully saturated rings. The van der Waals surface area contributed by atoms with Gasteiger partial charge in [-0.1, -0.05) is 25.6 Å². The van der Waals surface area contributed by atoms with Crippen LogP contribution in [0.2, 0.25) is 0 Å². The third kappa shape index (κ3) is 3.02. The Morgan fingerprint density at radius 3 is 2.41 bits per heavy atom. The molecule has 1 aliphatic rings. The molecule has 1 aromatic carbocycles. The first kappa shape index (κ1) is 16.5. The summed E-state index contributed by atoms with van der Waals surface area (Å²) in [5.41, 5.74) is 1.28. The molecule has 1 heterocycles. The average Bonchev–Trinajstić information content (AvgIpc) is 2.47. The van der Waals surface area contributed by atoms with E-state index in [9.17, 15) is 14.3 Å². The number of thioether (sulfide) groups is 1. The summed E-state index contributed by atoms with van der Waals surface area (Å²) < 4.78 is 13.1. The molecule has 1 aliphatic heterocycles. The largest absolute Gasteiger partial charge is 0.478 e. The van der Waals surface area contributed by atoms with Gasteiger partial charge in [-0.05, 0) is 36.4 Å². The maximum atomic E-state index is 13.1. The van der Waals surface area contributed by atoms with E-state index in [0.717, 1.165) is 5.17 Å². The van der Waals surface area contributed by atoms with E-state index in [2.05, 4.69) is 4.99 Å². The molecule has 22 heavy (non-hydrogen) atoms. The summed E-state index contributed by atoms with van der Waals surface area (Å²) in [6.45, 7) is 3.96. The summed E-state index contributed by atoms with van der Waals surface area (Å²) in [6.07, 6.45) is 1.90. The Labute approximate surface area is 133 Å². The number of likely N-dealkylation sites (N-methyl/N-ethyl adjacent to an activating group) is 1. The van der Waals surface area contributed by atoms with Gasteiger partial charge in [0.05, 0.1) is 17.3 Å². The Morgan fingerprint density at radius 2 is 1.95 bits per heavy atom. The summed E-state index contributed by atoms with van der Waals surface area (Å²) >= 11 is 1.47. The number of benzene rings is 1. The van der Waals surface area contributed by atoms with Crippen LogP contribution in [0, 0.1) is 11.7 Å². The highest BCUT2D eigenvalue weighted by molar-refractivity contribution is 8.13. The number of carboxylic acids is 1. The van der Waals surface area contributed by atoms with Gasteiger partial charge in [-0.3, -0.25) is 0 Å². The lowest BCUT2D eigenvalue weighted by molar-refractivity contribution is -0.133. The van der Waals surface area contributed by atoms with Crippen molar-refractivity contribution in [3.63, 3.8) is 0 Å². The number of aliphatic imine (C=N–C) groups is 1. The van der Waals surface area contributed by atoms with Gasteiger partial charge in [0.1, 0.15) is 5.82 Å². The minimum Gasteiger partial charge on any atom is -0.478 e. The molecule has 0 amide bonds. The van der Waals surface area contributed by atoms with Crippen LogP contribution in [0.4, 0.5) is 4.39 Å². The van der Waals surface area contributed by atoms with E-state index < -0.39 is 5.97 Å². The molecule has 0 saturated carbocycles. The lowest BCUT2D eigenvalue weighted by Gasteiger charge is -2.37. The molecule has 0 spiro atoms. The van der Waals surface area contributed by atoms with Gasteiger partial charge in [-0.25, -0.2) is 14.2 Å². The zero-order valence-corrected chi connectivity index (χ0v) is 13.8. The minimum atomic E-state index is -0.992. The van der Waals surface area contributed by atoms with Crippen molar-refractivity contribution < 1.29 is 14.3 Å². The van der Waals surface area contributed by atoms with Crippen LogP contribution in [0.3, 0.4) is 0 Å². The molecule has 0 aliphatic carbocycles. The van der Waals surface area contributed by atoms with Gasteiger partial charge in [0.15, 0.2) is 5.17 Å². The van der Waals surface area contributed by atoms with E-state index in [0.29, 0.717) is 11.3 Å².